The Morgan fingerprint density at radius 1 is 1.04 bits per heavy atom. The Kier molecular flexibility index (Phi) is 5.36. The largest absolute Gasteiger partial charge is 0.443 e. The van der Waals surface area contributed by atoms with Crippen molar-refractivity contribution in [3.05, 3.63) is 60.2 Å². The lowest BCUT2D eigenvalue weighted by molar-refractivity contribution is -0.130. The zero-order valence-electron chi connectivity index (χ0n) is 16.4. The molecule has 0 saturated carbocycles. The summed E-state index contributed by atoms with van der Waals surface area (Å²) >= 11 is 0. The summed E-state index contributed by atoms with van der Waals surface area (Å²) in [6, 6.07) is 18.4. The molecule has 2 aromatic carbocycles. The number of carbonyl (C=O) groups is 2. The number of hydrogen-bond donors (Lipinski definition) is 0. The third-order valence-electron chi connectivity index (χ3n) is 4.77. The van der Waals surface area contributed by atoms with E-state index in [1.54, 1.807) is 0 Å². The maximum atomic E-state index is 12.5. The van der Waals surface area contributed by atoms with Gasteiger partial charge in [-0.3, -0.25) is 4.79 Å². The molecule has 2 amide bonds. The number of amides is 2. The molecule has 1 aliphatic heterocycles. The molecule has 1 fully saturated rings. The zero-order chi connectivity index (χ0) is 19.6. The molecule has 2 atom stereocenters. The van der Waals surface area contributed by atoms with Gasteiger partial charge in [-0.2, -0.15) is 0 Å². The van der Waals surface area contributed by atoms with Crippen LogP contribution in [0, 0.1) is 5.92 Å². The lowest BCUT2D eigenvalue weighted by atomic mass is 9.98. The second-order valence-corrected chi connectivity index (χ2v) is 8.25. The van der Waals surface area contributed by atoms with E-state index in [-0.39, 0.29) is 17.9 Å². The fourth-order valence-electron chi connectivity index (χ4n) is 3.49. The zero-order valence-corrected chi connectivity index (χ0v) is 16.4. The van der Waals surface area contributed by atoms with Crippen LogP contribution in [0.25, 0.3) is 11.1 Å². The van der Waals surface area contributed by atoms with Crippen molar-refractivity contribution in [1.82, 2.24) is 4.90 Å². The first kappa shape index (κ1) is 19.2. The number of nitrogens with zero attached hydrogens (tertiary/aromatic N) is 1. The van der Waals surface area contributed by atoms with Gasteiger partial charge in [0, 0.05) is 12.0 Å². The Bertz CT molecular complexity index is 806. The van der Waals surface area contributed by atoms with Gasteiger partial charge in [0.25, 0.3) is 0 Å². The van der Waals surface area contributed by atoms with E-state index < -0.39 is 11.7 Å². The van der Waals surface area contributed by atoms with Crippen molar-refractivity contribution >= 4 is 12.0 Å². The molecule has 3 rings (SSSR count). The normalized spacial score (nSPS) is 20.0. The van der Waals surface area contributed by atoms with Gasteiger partial charge in [-0.25, -0.2) is 9.69 Å². The summed E-state index contributed by atoms with van der Waals surface area (Å²) in [4.78, 5) is 26.4. The molecule has 1 aliphatic rings. The fraction of sp³-hybridized carbons (Fsp3) is 0.391. The summed E-state index contributed by atoms with van der Waals surface area (Å²) in [7, 11) is 0. The van der Waals surface area contributed by atoms with Gasteiger partial charge in [0.1, 0.15) is 5.60 Å². The average molecular weight is 365 g/mol. The molecule has 2 aromatic rings. The highest BCUT2D eigenvalue weighted by molar-refractivity contribution is 5.95. The molecule has 1 saturated heterocycles. The fourth-order valence-corrected chi connectivity index (χ4v) is 3.49. The van der Waals surface area contributed by atoms with Crippen LogP contribution in [0.2, 0.25) is 0 Å². The topological polar surface area (TPSA) is 46.6 Å². The van der Waals surface area contributed by atoms with Crippen LogP contribution in [-0.4, -0.2) is 28.5 Å². The highest BCUT2D eigenvalue weighted by Gasteiger charge is 2.42. The number of carbonyl (C=O) groups excluding carboxylic acids is 2. The molecule has 0 spiro atoms. The predicted octanol–water partition coefficient (Wildman–Crippen LogP) is 5.07. The van der Waals surface area contributed by atoms with E-state index in [1.807, 2.05) is 45.9 Å². The first-order chi connectivity index (χ1) is 12.7. The first-order valence-corrected chi connectivity index (χ1v) is 9.45. The van der Waals surface area contributed by atoms with Gasteiger partial charge in [0.05, 0.1) is 0 Å². The van der Waals surface area contributed by atoms with E-state index in [9.17, 15) is 9.59 Å². The Hall–Kier alpha value is -2.62. The van der Waals surface area contributed by atoms with Crippen LogP contribution in [0.3, 0.4) is 0 Å². The van der Waals surface area contributed by atoms with Gasteiger partial charge < -0.3 is 4.74 Å². The molecule has 0 radical (unpaired) electrons. The Morgan fingerprint density at radius 3 is 2.22 bits per heavy atom. The minimum atomic E-state index is -0.620. The summed E-state index contributed by atoms with van der Waals surface area (Å²) < 4.78 is 5.45. The van der Waals surface area contributed by atoms with Gasteiger partial charge in [-0.1, -0.05) is 61.5 Å². The summed E-state index contributed by atoms with van der Waals surface area (Å²) in [5, 5.41) is 0. The average Bonchev–Trinajstić information content (AvgIpc) is 2.89. The summed E-state index contributed by atoms with van der Waals surface area (Å²) in [5.74, 6) is -0.304. The van der Waals surface area contributed by atoms with E-state index in [4.69, 9.17) is 4.74 Å². The van der Waals surface area contributed by atoms with Crippen molar-refractivity contribution in [2.75, 3.05) is 0 Å². The number of hydrogen-bond acceptors (Lipinski definition) is 3. The smallest absolute Gasteiger partial charge is 0.417 e. The van der Waals surface area contributed by atoms with Crippen LogP contribution >= 0.6 is 0 Å². The Labute approximate surface area is 161 Å². The van der Waals surface area contributed by atoms with Crippen molar-refractivity contribution < 1.29 is 14.3 Å². The van der Waals surface area contributed by atoms with Crippen molar-refractivity contribution in [3.63, 3.8) is 0 Å². The molecule has 0 N–H and O–H groups in total. The molecule has 1 unspecified atom stereocenters. The van der Waals surface area contributed by atoms with Gasteiger partial charge >= 0.3 is 6.09 Å². The second kappa shape index (κ2) is 7.55. The van der Waals surface area contributed by atoms with Gasteiger partial charge in [0.15, 0.2) is 0 Å². The highest BCUT2D eigenvalue weighted by atomic mass is 16.6. The van der Waals surface area contributed by atoms with Crippen LogP contribution in [-0.2, 0) is 16.0 Å². The standard InChI is InChI=1S/C23H27NO3/c1-16-14-20(24(21(16)25)22(26)27-23(2,3)4)15-17-10-12-19(13-11-17)18-8-6-5-7-9-18/h5-13,16,20H,14-15H2,1-4H3/t16-,20?/m1/s1. The summed E-state index contributed by atoms with van der Waals surface area (Å²) in [6.45, 7) is 7.31. The maximum absolute atomic E-state index is 12.5. The number of benzene rings is 2. The van der Waals surface area contributed by atoms with Crippen molar-refractivity contribution in [2.45, 2.75) is 52.2 Å². The summed E-state index contributed by atoms with van der Waals surface area (Å²) in [6.07, 6.45) is 0.769. The number of rotatable bonds is 3. The van der Waals surface area contributed by atoms with Crippen LogP contribution in [0.1, 0.15) is 39.7 Å². The van der Waals surface area contributed by atoms with Crippen LogP contribution in [0.5, 0.6) is 0 Å². The molecule has 1 heterocycles. The molecular formula is C23H27NO3. The van der Waals surface area contributed by atoms with Gasteiger partial charge in [-0.15, -0.1) is 0 Å². The lowest BCUT2D eigenvalue weighted by Crippen LogP contribution is -2.43. The molecule has 0 aromatic heterocycles. The SMILES string of the molecule is C[C@@H]1CC(Cc2ccc(-c3ccccc3)cc2)N(C(=O)OC(C)(C)C)C1=O. The second-order valence-electron chi connectivity index (χ2n) is 8.25. The minimum Gasteiger partial charge on any atom is -0.443 e. The number of ether oxygens (including phenoxy) is 1. The van der Waals surface area contributed by atoms with E-state index in [2.05, 4.69) is 36.4 Å². The van der Waals surface area contributed by atoms with E-state index in [0.29, 0.717) is 12.8 Å². The van der Waals surface area contributed by atoms with Crippen molar-refractivity contribution in [1.29, 1.82) is 0 Å². The van der Waals surface area contributed by atoms with Gasteiger partial charge in [-0.05, 0) is 50.3 Å². The van der Waals surface area contributed by atoms with Gasteiger partial charge in [0.2, 0.25) is 5.91 Å². The van der Waals surface area contributed by atoms with E-state index in [0.717, 1.165) is 11.1 Å². The highest BCUT2D eigenvalue weighted by Crippen LogP contribution is 2.29. The van der Waals surface area contributed by atoms with E-state index in [1.165, 1.54) is 10.5 Å². The lowest BCUT2D eigenvalue weighted by Gasteiger charge is -2.27. The number of imide groups is 1. The predicted molar refractivity (Wildman–Crippen MR) is 106 cm³/mol. The van der Waals surface area contributed by atoms with E-state index >= 15 is 0 Å². The van der Waals surface area contributed by atoms with Crippen LogP contribution in [0.4, 0.5) is 4.79 Å². The van der Waals surface area contributed by atoms with Crippen LogP contribution in [0.15, 0.2) is 54.6 Å². The summed E-state index contributed by atoms with van der Waals surface area (Å²) in [5.41, 5.74) is 2.81. The molecular weight excluding hydrogens is 338 g/mol. The maximum Gasteiger partial charge on any atom is 0.417 e. The van der Waals surface area contributed by atoms with Crippen molar-refractivity contribution in [2.24, 2.45) is 5.92 Å². The van der Waals surface area contributed by atoms with Crippen molar-refractivity contribution in [3.8, 4) is 11.1 Å². The number of likely N-dealkylation sites (tertiary alicyclic amines) is 1. The molecule has 0 aliphatic carbocycles. The monoisotopic (exact) mass is 365 g/mol. The molecule has 0 bridgehead atoms. The molecule has 27 heavy (non-hydrogen) atoms. The third-order valence-corrected chi connectivity index (χ3v) is 4.77. The van der Waals surface area contributed by atoms with Crippen LogP contribution < -0.4 is 0 Å². The Balaban J connectivity index is 1.75. The minimum absolute atomic E-state index is 0.143. The Morgan fingerprint density at radius 2 is 1.63 bits per heavy atom. The first-order valence-electron chi connectivity index (χ1n) is 9.45. The molecule has 142 valence electrons. The third kappa shape index (κ3) is 4.57. The quantitative estimate of drug-likeness (QED) is 0.763. The molecule has 4 nitrogen and oxygen atoms in total. The molecule has 4 heteroatoms.